The summed E-state index contributed by atoms with van der Waals surface area (Å²) < 4.78 is 4.47. The highest BCUT2D eigenvalue weighted by atomic mass is 16.5. The van der Waals surface area contributed by atoms with Crippen LogP contribution in [0.5, 0.6) is 0 Å². The molecule has 0 bridgehead atoms. The van der Waals surface area contributed by atoms with Crippen molar-refractivity contribution in [3.63, 3.8) is 0 Å². The van der Waals surface area contributed by atoms with Gasteiger partial charge in [0.15, 0.2) is 0 Å². The largest absolute Gasteiger partial charge is 0.453 e. The second-order valence-corrected chi connectivity index (χ2v) is 3.14. The Morgan fingerprint density at radius 2 is 2.00 bits per heavy atom. The predicted octanol–water partition coefficient (Wildman–Crippen LogP) is 0.646. The van der Waals surface area contributed by atoms with Crippen molar-refractivity contribution in [1.82, 2.24) is 5.32 Å². The van der Waals surface area contributed by atoms with E-state index >= 15 is 0 Å². The SMILES string of the molecule is COC(=O)NC1CCC(O)CC1. The molecule has 1 amide bonds. The van der Waals surface area contributed by atoms with Gasteiger partial charge in [-0.05, 0) is 25.7 Å². The molecule has 70 valence electrons. The van der Waals surface area contributed by atoms with Gasteiger partial charge in [0.05, 0.1) is 13.2 Å². The monoisotopic (exact) mass is 173 g/mol. The first-order valence-corrected chi connectivity index (χ1v) is 4.25. The molecule has 0 spiro atoms. The highest BCUT2D eigenvalue weighted by Gasteiger charge is 2.20. The maximum Gasteiger partial charge on any atom is 0.407 e. The second-order valence-electron chi connectivity index (χ2n) is 3.14. The Hall–Kier alpha value is -0.770. The van der Waals surface area contributed by atoms with E-state index < -0.39 is 0 Å². The molecule has 0 atom stereocenters. The number of alkyl carbamates (subject to hydrolysis) is 1. The fourth-order valence-corrected chi connectivity index (χ4v) is 1.45. The van der Waals surface area contributed by atoms with E-state index in [4.69, 9.17) is 0 Å². The van der Waals surface area contributed by atoms with Crippen LogP contribution in [0.25, 0.3) is 0 Å². The molecule has 12 heavy (non-hydrogen) atoms. The Bertz CT molecular complexity index is 152. The fourth-order valence-electron chi connectivity index (χ4n) is 1.45. The molecule has 0 heterocycles. The van der Waals surface area contributed by atoms with E-state index in [0.717, 1.165) is 25.7 Å². The van der Waals surface area contributed by atoms with E-state index in [1.165, 1.54) is 7.11 Å². The summed E-state index contributed by atoms with van der Waals surface area (Å²) in [6, 6.07) is 0.181. The average molecular weight is 173 g/mol. The molecule has 4 nitrogen and oxygen atoms in total. The molecule has 0 aromatic carbocycles. The third kappa shape index (κ3) is 2.70. The Kier molecular flexibility index (Phi) is 3.34. The predicted molar refractivity (Wildman–Crippen MR) is 43.8 cm³/mol. The number of methoxy groups -OCH3 is 1. The van der Waals surface area contributed by atoms with Gasteiger partial charge in [-0.2, -0.15) is 0 Å². The molecule has 0 aliphatic heterocycles. The molecule has 0 saturated heterocycles. The number of nitrogens with one attached hydrogen (secondary N) is 1. The second kappa shape index (κ2) is 4.30. The zero-order valence-electron chi connectivity index (χ0n) is 7.25. The van der Waals surface area contributed by atoms with E-state index in [1.807, 2.05) is 0 Å². The molecule has 1 aliphatic carbocycles. The van der Waals surface area contributed by atoms with Gasteiger partial charge in [0.25, 0.3) is 0 Å². The van der Waals surface area contributed by atoms with Crippen LogP contribution in [0.1, 0.15) is 25.7 Å². The summed E-state index contributed by atoms with van der Waals surface area (Å²) in [6.45, 7) is 0. The number of carbonyl (C=O) groups excluding carboxylic acids is 1. The molecule has 0 aromatic rings. The maximum absolute atomic E-state index is 10.8. The lowest BCUT2D eigenvalue weighted by Crippen LogP contribution is -2.38. The van der Waals surface area contributed by atoms with Gasteiger partial charge >= 0.3 is 6.09 Å². The van der Waals surface area contributed by atoms with Crippen LogP contribution >= 0.6 is 0 Å². The molecule has 0 unspecified atom stereocenters. The molecule has 2 N–H and O–H groups in total. The maximum atomic E-state index is 10.8. The minimum atomic E-state index is -0.378. The average Bonchev–Trinajstić information content (AvgIpc) is 2.09. The first kappa shape index (κ1) is 9.32. The molecule has 1 aliphatic rings. The number of hydrogen-bond donors (Lipinski definition) is 2. The molecular formula is C8H15NO3. The zero-order valence-corrected chi connectivity index (χ0v) is 7.25. The first-order chi connectivity index (χ1) is 5.72. The Balaban J connectivity index is 2.21. The lowest BCUT2D eigenvalue weighted by Gasteiger charge is -2.25. The number of ether oxygens (including phenoxy) is 1. The van der Waals surface area contributed by atoms with Crippen molar-refractivity contribution in [3.8, 4) is 0 Å². The quantitative estimate of drug-likeness (QED) is 0.612. The highest BCUT2D eigenvalue weighted by molar-refractivity contribution is 5.67. The smallest absolute Gasteiger partial charge is 0.407 e. The lowest BCUT2D eigenvalue weighted by molar-refractivity contribution is 0.111. The molecule has 0 aromatic heterocycles. The van der Waals surface area contributed by atoms with Crippen LogP contribution in [0.15, 0.2) is 0 Å². The van der Waals surface area contributed by atoms with Gasteiger partial charge < -0.3 is 15.2 Å². The number of hydrogen-bond acceptors (Lipinski definition) is 3. The molecule has 1 fully saturated rings. The summed E-state index contributed by atoms with van der Waals surface area (Å²) >= 11 is 0. The summed E-state index contributed by atoms with van der Waals surface area (Å²) in [5, 5.41) is 11.9. The van der Waals surface area contributed by atoms with Gasteiger partial charge in [0.2, 0.25) is 0 Å². The minimum absolute atomic E-state index is 0.180. The van der Waals surface area contributed by atoms with Crippen LogP contribution in [-0.2, 0) is 4.74 Å². The third-order valence-electron chi connectivity index (χ3n) is 2.20. The molecule has 0 radical (unpaired) electrons. The Morgan fingerprint density at radius 3 is 2.50 bits per heavy atom. The number of aliphatic hydroxyl groups excluding tert-OH is 1. The van der Waals surface area contributed by atoms with Crippen LogP contribution in [0.2, 0.25) is 0 Å². The highest BCUT2D eigenvalue weighted by Crippen LogP contribution is 2.18. The van der Waals surface area contributed by atoms with Crippen molar-refractivity contribution < 1.29 is 14.6 Å². The first-order valence-electron chi connectivity index (χ1n) is 4.25. The van der Waals surface area contributed by atoms with Gasteiger partial charge in [-0.25, -0.2) is 4.79 Å². The van der Waals surface area contributed by atoms with Crippen LogP contribution in [0.3, 0.4) is 0 Å². The summed E-state index contributed by atoms with van der Waals surface area (Å²) in [5.41, 5.74) is 0. The Labute approximate surface area is 71.9 Å². The van der Waals surface area contributed by atoms with Crippen LogP contribution in [-0.4, -0.2) is 30.5 Å². The van der Waals surface area contributed by atoms with Crippen molar-refractivity contribution in [2.24, 2.45) is 0 Å². The van der Waals surface area contributed by atoms with E-state index in [-0.39, 0.29) is 18.2 Å². The Morgan fingerprint density at radius 1 is 1.42 bits per heavy atom. The van der Waals surface area contributed by atoms with Crippen molar-refractivity contribution in [1.29, 1.82) is 0 Å². The number of carbonyl (C=O) groups is 1. The summed E-state index contributed by atoms with van der Waals surface area (Å²) in [4.78, 5) is 10.8. The third-order valence-corrected chi connectivity index (χ3v) is 2.20. The van der Waals surface area contributed by atoms with Crippen molar-refractivity contribution in [2.75, 3.05) is 7.11 Å². The van der Waals surface area contributed by atoms with Crippen molar-refractivity contribution in [3.05, 3.63) is 0 Å². The van der Waals surface area contributed by atoms with Crippen molar-refractivity contribution in [2.45, 2.75) is 37.8 Å². The van der Waals surface area contributed by atoms with Gasteiger partial charge in [-0.15, -0.1) is 0 Å². The normalized spacial score (nSPS) is 29.5. The van der Waals surface area contributed by atoms with E-state index in [1.54, 1.807) is 0 Å². The number of amides is 1. The lowest BCUT2D eigenvalue weighted by atomic mass is 9.93. The van der Waals surface area contributed by atoms with E-state index in [2.05, 4.69) is 10.1 Å². The van der Waals surface area contributed by atoms with Gasteiger partial charge in [-0.1, -0.05) is 0 Å². The summed E-state index contributed by atoms with van der Waals surface area (Å²) in [6.07, 6.45) is 2.67. The van der Waals surface area contributed by atoms with Gasteiger partial charge in [0.1, 0.15) is 0 Å². The van der Waals surface area contributed by atoms with Gasteiger partial charge in [-0.3, -0.25) is 0 Å². The van der Waals surface area contributed by atoms with Crippen LogP contribution < -0.4 is 5.32 Å². The fraction of sp³-hybridized carbons (Fsp3) is 0.875. The minimum Gasteiger partial charge on any atom is -0.453 e. The van der Waals surface area contributed by atoms with Gasteiger partial charge in [0, 0.05) is 6.04 Å². The molecule has 1 rings (SSSR count). The van der Waals surface area contributed by atoms with Crippen LogP contribution in [0.4, 0.5) is 4.79 Å². The van der Waals surface area contributed by atoms with E-state index in [9.17, 15) is 9.90 Å². The summed E-state index contributed by atoms with van der Waals surface area (Å²) in [7, 11) is 1.35. The van der Waals surface area contributed by atoms with Crippen molar-refractivity contribution >= 4 is 6.09 Å². The number of aliphatic hydroxyl groups is 1. The zero-order chi connectivity index (χ0) is 8.97. The molecular weight excluding hydrogens is 158 g/mol. The molecule has 4 heteroatoms. The number of rotatable bonds is 1. The summed E-state index contributed by atoms with van der Waals surface area (Å²) in [5.74, 6) is 0. The standard InChI is InChI=1S/C8H15NO3/c1-12-8(11)9-6-2-4-7(10)5-3-6/h6-7,10H,2-5H2,1H3,(H,9,11). The molecule has 1 saturated carbocycles. The topological polar surface area (TPSA) is 58.6 Å². The van der Waals surface area contributed by atoms with Crippen LogP contribution in [0, 0.1) is 0 Å². The van der Waals surface area contributed by atoms with E-state index in [0.29, 0.717) is 0 Å².